The Morgan fingerprint density at radius 1 is 1.17 bits per heavy atom. The van der Waals surface area contributed by atoms with Crippen molar-refractivity contribution in [2.24, 2.45) is 0 Å². The summed E-state index contributed by atoms with van der Waals surface area (Å²) in [6.07, 6.45) is 6.61. The van der Waals surface area contributed by atoms with Crippen molar-refractivity contribution in [1.82, 2.24) is 14.7 Å². The summed E-state index contributed by atoms with van der Waals surface area (Å²) in [7, 11) is 0. The number of benzene rings is 1. The van der Waals surface area contributed by atoms with Crippen molar-refractivity contribution in [3.8, 4) is 0 Å². The third-order valence-electron chi connectivity index (χ3n) is 5.33. The fraction of sp³-hybridized carbons (Fsp3) is 0.550. The van der Waals surface area contributed by atoms with Gasteiger partial charge in [0, 0.05) is 23.9 Å². The molecule has 4 heteroatoms. The normalized spacial score (nSPS) is 17.9. The summed E-state index contributed by atoms with van der Waals surface area (Å²) >= 11 is 0. The van der Waals surface area contributed by atoms with Crippen molar-refractivity contribution >= 4 is 0 Å². The summed E-state index contributed by atoms with van der Waals surface area (Å²) in [5.41, 5.74) is 2.73. The molecule has 1 atom stereocenters. The number of likely N-dealkylation sites (tertiary alicyclic amines) is 1. The molecule has 1 aliphatic heterocycles. The number of hydrogen-bond acceptors (Lipinski definition) is 3. The number of nitrogens with zero attached hydrogens (tertiary/aromatic N) is 3. The maximum absolute atomic E-state index is 9.16. The Kier molecular flexibility index (Phi) is 6.05. The summed E-state index contributed by atoms with van der Waals surface area (Å²) in [4.78, 5) is 2.63. The van der Waals surface area contributed by atoms with E-state index >= 15 is 0 Å². The molecule has 0 spiro atoms. The Morgan fingerprint density at radius 3 is 2.62 bits per heavy atom. The van der Waals surface area contributed by atoms with Crippen LogP contribution in [0, 0.1) is 0 Å². The predicted molar refractivity (Wildman–Crippen MR) is 97.1 cm³/mol. The van der Waals surface area contributed by atoms with Gasteiger partial charge in [-0.15, -0.1) is 0 Å². The Hall–Kier alpha value is -1.65. The second kappa shape index (κ2) is 8.45. The first-order valence-corrected chi connectivity index (χ1v) is 9.18. The highest BCUT2D eigenvalue weighted by Gasteiger charge is 2.25. The van der Waals surface area contributed by atoms with Crippen LogP contribution in [0.3, 0.4) is 0 Å². The topological polar surface area (TPSA) is 41.3 Å². The lowest BCUT2D eigenvalue weighted by Crippen LogP contribution is -2.40. The van der Waals surface area contributed by atoms with Crippen molar-refractivity contribution in [3.63, 3.8) is 0 Å². The van der Waals surface area contributed by atoms with Gasteiger partial charge in [0.25, 0.3) is 0 Å². The monoisotopic (exact) mass is 327 g/mol. The lowest BCUT2D eigenvalue weighted by molar-refractivity contribution is 0.152. The zero-order valence-corrected chi connectivity index (χ0v) is 14.6. The molecule has 4 nitrogen and oxygen atoms in total. The Balaban J connectivity index is 1.48. The van der Waals surface area contributed by atoms with E-state index in [1.54, 1.807) is 0 Å². The van der Waals surface area contributed by atoms with Crippen molar-refractivity contribution in [2.45, 2.75) is 51.1 Å². The van der Waals surface area contributed by atoms with Crippen LogP contribution in [0.15, 0.2) is 42.6 Å². The Morgan fingerprint density at radius 2 is 1.92 bits per heavy atom. The molecule has 1 aromatic heterocycles. The quantitative estimate of drug-likeness (QED) is 0.850. The van der Waals surface area contributed by atoms with Crippen LogP contribution in [0.25, 0.3) is 0 Å². The molecule has 0 bridgehead atoms. The molecule has 1 fully saturated rings. The molecule has 1 aromatic carbocycles. The first-order chi connectivity index (χ1) is 11.8. The van der Waals surface area contributed by atoms with Gasteiger partial charge in [-0.05, 0) is 57.3 Å². The Bertz CT molecular complexity index is 602. The second-order valence-corrected chi connectivity index (χ2v) is 6.89. The number of aryl methyl sites for hydroxylation is 1. The largest absolute Gasteiger partial charge is 0.394 e. The number of aliphatic hydroxyl groups is 1. The molecular formula is C20H29N3O. The van der Waals surface area contributed by atoms with Gasteiger partial charge in [0.1, 0.15) is 0 Å². The smallest absolute Gasteiger partial charge is 0.0644 e. The van der Waals surface area contributed by atoms with E-state index in [0.29, 0.717) is 18.5 Å². The van der Waals surface area contributed by atoms with Crippen molar-refractivity contribution < 1.29 is 5.11 Å². The molecule has 2 heterocycles. The highest BCUT2D eigenvalue weighted by Crippen LogP contribution is 2.29. The van der Waals surface area contributed by atoms with Crippen LogP contribution in [0.5, 0.6) is 0 Å². The zero-order valence-electron chi connectivity index (χ0n) is 14.6. The minimum atomic E-state index is 0.157. The predicted octanol–water partition coefficient (Wildman–Crippen LogP) is 3.08. The summed E-state index contributed by atoms with van der Waals surface area (Å²) in [6, 6.07) is 13.5. The van der Waals surface area contributed by atoms with Crippen molar-refractivity contribution in [1.29, 1.82) is 0 Å². The minimum Gasteiger partial charge on any atom is -0.394 e. The van der Waals surface area contributed by atoms with E-state index < -0.39 is 0 Å². The molecule has 3 rings (SSSR count). The molecule has 0 saturated carbocycles. The summed E-state index contributed by atoms with van der Waals surface area (Å²) < 4.78 is 1.97. The molecule has 1 N–H and O–H groups in total. The molecule has 2 aromatic rings. The molecule has 1 aliphatic rings. The minimum absolute atomic E-state index is 0.157. The van der Waals surface area contributed by atoms with Crippen LogP contribution in [0.1, 0.15) is 43.4 Å². The van der Waals surface area contributed by atoms with Crippen molar-refractivity contribution in [2.75, 3.05) is 19.7 Å². The maximum Gasteiger partial charge on any atom is 0.0644 e. The van der Waals surface area contributed by atoms with Gasteiger partial charge < -0.3 is 10.0 Å². The fourth-order valence-electron chi connectivity index (χ4n) is 3.81. The van der Waals surface area contributed by atoms with Gasteiger partial charge in [-0.1, -0.05) is 30.3 Å². The number of aromatic nitrogens is 2. The fourth-order valence-corrected chi connectivity index (χ4v) is 3.81. The van der Waals surface area contributed by atoms with Crippen LogP contribution < -0.4 is 0 Å². The van der Waals surface area contributed by atoms with E-state index in [-0.39, 0.29) is 6.61 Å². The first-order valence-electron chi connectivity index (χ1n) is 9.18. The van der Waals surface area contributed by atoms with Gasteiger partial charge in [-0.25, -0.2) is 0 Å². The molecule has 24 heavy (non-hydrogen) atoms. The van der Waals surface area contributed by atoms with Gasteiger partial charge >= 0.3 is 0 Å². The highest BCUT2D eigenvalue weighted by atomic mass is 16.3. The third-order valence-corrected chi connectivity index (χ3v) is 5.33. The maximum atomic E-state index is 9.16. The summed E-state index contributed by atoms with van der Waals surface area (Å²) in [5, 5.41) is 13.5. The number of hydrogen-bond donors (Lipinski definition) is 1. The molecule has 1 saturated heterocycles. The molecule has 0 radical (unpaired) electrons. The van der Waals surface area contributed by atoms with Gasteiger partial charge in [0.15, 0.2) is 0 Å². The van der Waals surface area contributed by atoms with Crippen LogP contribution in [0.4, 0.5) is 0 Å². The summed E-state index contributed by atoms with van der Waals surface area (Å²) in [5.74, 6) is 0.580. The number of rotatable bonds is 7. The standard InChI is InChI=1S/C20H29N3O/c1-17(7-8-18-5-3-2-4-6-18)22-13-10-19(11-14-22)20-9-12-21-23(20)15-16-24/h2-6,9,12,17,19,24H,7-8,10-11,13-16H2,1H3/t17-/m1/s1. The molecule has 0 amide bonds. The number of aliphatic hydroxyl groups excluding tert-OH is 1. The highest BCUT2D eigenvalue weighted by molar-refractivity contribution is 5.15. The zero-order chi connectivity index (χ0) is 16.8. The average Bonchev–Trinajstić information content (AvgIpc) is 3.09. The van der Waals surface area contributed by atoms with Gasteiger partial charge in [0.2, 0.25) is 0 Å². The van der Waals surface area contributed by atoms with E-state index in [2.05, 4.69) is 53.3 Å². The molecule has 0 unspecified atom stereocenters. The van der Waals surface area contributed by atoms with E-state index in [4.69, 9.17) is 5.11 Å². The molecule has 130 valence electrons. The van der Waals surface area contributed by atoms with E-state index in [1.807, 2.05) is 10.9 Å². The van der Waals surface area contributed by atoms with Gasteiger partial charge in [-0.3, -0.25) is 4.68 Å². The number of piperidine rings is 1. The van der Waals surface area contributed by atoms with Gasteiger partial charge in [-0.2, -0.15) is 5.10 Å². The summed E-state index contributed by atoms with van der Waals surface area (Å²) in [6.45, 7) is 5.44. The first kappa shape index (κ1) is 17.2. The molecule has 0 aliphatic carbocycles. The van der Waals surface area contributed by atoms with Crippen LogP contribution in [-0.2, 0) is 13.0 Å². The second-order valence-electron chi connectivity index (χ2n) is 6.89. The van der Waals surface area contributed by atoms with Crippen LogP contribution >= 0.6 is 0 Å². The average molecular weight is 327 g/mol. The Labute approximate surface area is 145 Å². The lowest BCUT2D eigenvalue weighted by atomic mass is 9.92. The van der Waals surface area contributed by atoms with E-state index in [0.717, 1.165) is 19.5 Å². The van der Waals surface area contributed by atoms with E-state index in [1.165, 1.54) is 30.5 Å². The van der Waals surface area contributed by atoms with Gasteiger partial charge in [0.05, 0.1) is 13.2 Å². The lowest BCUT2D eigenvalue weighted by Gasteiger charge is -2.36. The SMILES string of the molecule is C[C@H](CCc1ccccc1)N1CCC(c2ccnn2CCO)CC1. The van der Waals surface area contributed by atoms with Crippen LogP contribution in [-0.4, -0.2) is 45.5 Å². The van der Waals surface area contributed by atoms with Crippen LogP contribution in [0.2, 0.25) is 0 Å². The third kappa shape index (κ3) is 4.25. The van der Waals surface area contributed by atoms with E-state index in [9.17, 15) is 0 Å². The van der Waals surface area contributed by atoms with Crippen molar-refractivity contribution in [3.05, 3.63) is 53.9 Å². The molecular weight excluding hydrogens is 298 g/mol.